The molecule has 0 radical (unpaired) electrons. The maximum atomic E-state index is 12.5. The zero-order chi connectivity index (χ0) is 20.8. The van der Waals surface area contributed by atoms with Crippen LogP contribution in [0, 0.1) is 13.8 Å². The normalized spacial score (nSPS) is 10.3. The summed E-state index contributed by atoms with van der Waals surface area (Å²) in [4.78, 5) is 26.2. The topological polar surface area (TPSA) is 58.6 Å². The average molecular weight is 388 g/mol. The fourth-order valence-electron chi connectivity index (χ4n) is 2.95. The Morgan fingerprint density at radius 2 is 1.62 bits per heavy atom. The van der Waals surface area contributed by atoms with E-state index in [0.717, 1.165) is 22.5 Å². The van der Waals surface area contributed by atoms with Crippen LogP contribution in [0.4, 0.5) is 11.4 Å². The summed E-state index contributed by atoms with van der Waals surface area (Å²) in [7, 11) is 1.72. The van der Waals surface area contributed by atoms with Crippen LogP contribution >= 0.6 is 0 Å². The Labute approximate surface area is 170 Å². The third-order valence-corrected chi connectivity index (χ3v) is 4.58. The summed E-state index contributed by atoms with van der Waals surface area (Å²) in [6.45, 7) is 3.87. The monoisotopic (exact) mass is 388 g/mol. The van der Waals surface area contributed by atoms with Crippen LogP contribution in [-0.4, -0.2) is 25.5 Å². The number of amides is 2. The molecule has 29 heavy (non-hydrogen) atoms. The van der Waals surface area contributed by atoms with Crippen LogP contribution in [0.3, 0.4) is 0 Å². The average Bonchev–Trinajstić information content (AvgIpc) is 2.74. The molecule has 0 atom stereocenters. The van der Waals surface area contributed by atoms with E-state index < -0.39 is 0 Å². The quantitative estimate of drug-likeness (QED) is 0.671. The standard InChI is InChI=1S/C24H24N2O3/c1-17-9-14-22(18(2)15-17)25-23(27)16-29-21-12-10-20(11-13-21)26(3)24(28)19-7-5-4-6-8-19/h4-15H,16H2,1-3H3,(H,25,27). The summed E-state index contributed by atoms with van der Waals surface area (Å²) in [5, 5.41) is 2.85. The second-order valence-electron chi connectivity index (χ2n) is 6.88. The summed E-state index contributed by atoms with van der Waals surface area (Å²) in [5.41, 5.74) is 4.30. The lowest BCUT2D eigenvalue weighted by Crippen LogP contribution is -2.26. The lowest BCUT2D eigenvalue weighted by molar-refractivity contribution is -0.118. The van der Waals surface area contributed by atoms with E-state index in [2.05, 4.69) is 5.32 Å². The van der Waals surface area contributed by atoms with E-state index in [9.17, 15) is 9.59 Å². The number of ether oxygens (including phenoxy) is 1. The van der Waals surface area contributed by atoms with Crippen LogP contribution in [0.2, 0.25) is 0 Å². The molecule has 0 unspecified atom stereocenters. The van der Waals surface area contributed by atoms with E-state index in [4.69, 9.17) is 4.74 Å². The minimum atomic E-state index is -0.225. The van der Waals surface area contributed by atoms with E-state index in [1.54, 1.807) is 48.3 Å². The van der Waals surface area contributed by atoms with Crippen molar-refractivity contribution in [1.82, 2.24) is 0 Å². The van der Waals surface area contributed by atoms with Crippen molar-refractivity contribution < 1.29 is 14.3 Å². The second-order valence-corrected chi connectivity index (χ2v) is 6.88. The number of aryl methyl sites for hydroxylation is 2. The molecule has 3 aromatic carbocycles. The number of nitrogens with one attached hydrogen (secondary N) is 1. The fourth-order valence-corrected chi connectivity index (χ4v) is 2.95. The summed E-state index contributed by atoms with van der Waals surface area (Å²) < 4.78 is 5.57. The summed E-state index contributed by atoms with van der Waals surface area (Å²) in [6.07, 6.45) is 0. The van der Waals surface area contributed by atoms with Crippen molar-refractivity contribution in [3.05, 3.63) is 89.5 Å². The molecule has 0 saturated heterocycles. The molecule has 0 aliphatic heterocycles. The summed E-state index contributed by atoms with van der Waals surface area (Å²) in [5.74, 6) is 0.245. The molecule has 0 fully saturated rings. The van der Waals surface area contributed by atoms with Crippen molar-refractivity contribution in [2.24, 2.45) is 0 Å². The van der Waals surface area contributed by atoms with Crippen LogP contribution < -0.4 is 15.0 Å². The van der Waals surface area contributed by atoms with Crippen LogP contribution in [0.25, 0.3) is 0 Å². The van der Waals surface area contributed by atoms with Gasteiger partial charge in [0.1, 0.15) is 5.75 Å². The number of benzene rings is 3. The van der Waals surface area contributed by atoms with Crippen molar-refractivity contribution in [2.75, 3.05) is 23.9 Å². The molecule has 0 heterocycles. The Bertz CT molecular complexity index is 998. The van der Waals surface area contributed by atoms with Crippen molar-refractivity contribution in [3.63, 3.8) is 0 Å². The van der Waals surface area contributed by atoms with Crippen molar-refractivity contribution >= 4 is 23.2 Å². The van der Waals surface area contributed by atoms with Gasteiger partial charge in [-0.2, -0.15) is 0 Å². The first-order chi connectivity index (χ1) is 13.9. The Hall–Kier alpha value is -3.60. The second kappa shape index (κ2) is 9.06. The molecule has 2 amide bonds. The molecule has 0 aliphatic rings. The van der Waals surface area contributed by atoms with Crippen LogP contribution in [0.1, 0.15) is 21.5 Å². The lowest BCUT2D eigenvalue weighted by Gasteiger charge is -2.18. The molecular formula is C24H24N2O3. The fraction of sp³-hybridized carbons (Fsp3) is 0.167. The van der Waals surface area contributed by atoms with Gasteiger partial charge in [0.15, 0.2) is 6.61 Å². The molecule has 5 nitrogen and oxygen atoms in total. The van der Waals surface area contributed by atoms with E-state index in [1.165, 1.54) is 0 Å². The zero-order valence-corrected chi connectivity index (χ0v) is 16.8. The van der Waals surface area contributed by atoms with Gasteiger partial charge in [0.25, 0.3) is 11.8 Å². The Morgan fingerprint density at radius 1 is 0.931 bits per heavy atom. The van der Waals surface area contributed by atoms with E-state index in [1.807, 2.05) is 50.2 Å². The number of rotatable bonds is 6. The molecule has 3 rings (SSSR count). The molecule has 0 bridgehead atoms. The molecule has 0 aromatic heterocycles. The highest BCUT2D eigenvalue weighted by Crippen LogP contribution is 2.21. The SMILES string of the molecule is Cc1ccc(NC(=O)COc2ccc(N(C)C(=O)c3ccccc3)cc2)c(C)c1. The minimum absolute atomic E-state index is 0.0906. The highest BCUT2D eigenvalue weighted by atomic mass is 16.5. The third kappa shape index (κ3) is 5.23. The highest BCUT2D eigenvalue weighted by molar-refractivity contribution is 6.05. The molecule has 0 aliphatic carbocycles. The lowest BCUT2D eigenvalue weighted by atomic mass is 10.1. The molecule has 5 heteroatoms. The predicted molar refractivity (Wildman–Crippen MR) is 116 cm³/mol. The first kappa shape index (κ1) is 20.1. The Kier molecular flexibility index (Phi) is 6.29. The minimum Gasteiger partial charge on any atom is -0.484 e. The van der Waals surface area contributed by atoms with Gasteiger partial charge in [-0.1, -0.05) is 35.9 Å². The van der Waals surface area contributed by atoms with Gasteiger partial charge in [-0.15, -0.1) is 0 Å². The van der Waals surface area contributed by atoms with Crippen molar-refractivity contribution in [1.29, 1.82) is 0 Å². The van der Waals surface area contributed by atoms with Gasteiger partial charge < -0.3 is 15.0 Å². The van der Waals surface area contributed by atoms with Crippen LogP contribution in [-0.2, 0) is 4.79 Å². The molecule has 148 valence electrons. The van der Waals surface area contributed by atoms with Gasteiger partial charge in [-0.25, -0.2) is 0 Å². The highest BCUT2D eigenvalue weighted by Gasteiger charge is 2.13. The number of hydrogen-bond donors (Lipinski definition) is 1. The third-order valence-electron chi connectivity index (χ3n) is 4.58. The van der Waals surface area contributed by atoms with Crippen molar-refractivity contribution in [3.8, 4) is 5.75 Å². The molecule has 0 spiro atoms. The molecule has 3 aromatic rings. The Morgan fingerprint density at radius 3 is 2.28 bits per heavy atom. The van der Waals surface area contributed by atoms with Gasteiger partial charge in [-0.05, 0) is 61.9 Å². The van der Waals surface area contributed by atoms with E-state index in [-0.39, 0.29) is 18.4 Å². The molecule has 0 saturated carbocycles. The summed E-state index contributed by atoms with van der Waals surface area (Å²) >= 11 is 0. The summed E-state index contributed by atoms with van der Waals surface area (Å²) in [6, 6.07) is 22.0. The van der Waals surface area contributed by atoms with Gasteiger partial charge in [0.05, 0.1) is 0 Å². The van der Waals surface area contributed by atoms with Crippen LogP contribution in [0.15, 0.2) is 72.8 Å². The number of carbonyl (C=O) groups excluding carboxylic acids is 2. The van der Waals surface area contributed by atoms with Gasteiger partial charge in [0.2, 0.25) is 0 Å². The Balaban J connectivity index is 1.56. The van der Waals surface area contributed by atoms with Gasteiger partial charge in [-0.3, -0.25) is 9.59 Å². The van der Waals surface area contributed by atoms with Crippen LogP contribution in [0.5, 0.6) is 5.75 Å². The van der Waals surface area contributed by atoms with E-state index >= 15 is 0 Å². The predicted octanol–water partition coefficient (Wildman–Crippen LogP) is 4.60. The smallest absolute Gasteiger partial charge is 0.262 e. The maximum absolute atomic E-state index is 12.5. The number of anilines is 2. The molecular weight excluding hydrogens is 364 g/mol. The zero-order valence-electron chi connectivity index (χ0n) is 16.8. The number of nitrogens with zero attached hydrogens (tertiary/aromatic N) is 1. The number of carbonyl (C=O) groups is 2. The largest absolute Gasteiger partial charge is 0.484 e. The van der Waals surface area contributed by atoms with E-state index in [0.29, 0.717) is 11.3 Å². The van der Waals surface area contributed by atoms with Crippen molar-refractivity contribution in [2.45, 2.75) is 13.8 Å². The number of hydrogen-bond acceptors (Lipinski definition) is 3. The maximum Gasteiger partial charge on any atom is 0.262 e. The van der Waals surface area contributed by atoms with Gasteiger partial charge in [0, 0.05) is 24.0 Å². The first-order valence-electron chi connectivity index (χ1n) is 9.37. The molecule has 1 N–H and O–H groups in total. The first-order valence-corrected chi connectivity index (χ1v) is 9.37. The van der Waals surface area contributed by atoms with Gasteiger partial charge >= 0.3 is 0 Å².